The van der Waals surface area contributed by atoms with E-state index in [0.717, 1.165) is 28.4 Å². The van der Waals surface area contributed by atoms with Gasteiger partial charge in [-0.05, 0) is 35.9 Å². The van der Waals surface area contributed by atoms with Gasteiger partial charge in [0, 0.05) is 43.0 Å². The molecule has 4 aromatic rings. The third kappa shape index (κ3) is 3.25. The van der Waals surface area contributed by atoms with Crippen molar-refractivity contribution in [2.45, 2.75) is 12.6 Å². The van der Waals surface area contributed by atoms with Gasteiger partial charge in [-0.15, -0.1) is 0 Å². The van der Waals surface area contributed by atoms with Crippen molar-refractivity contribution >= 4 is 11.0 Å². The van der Waals surface area contributed by atoms with Gasteiger partial charge in [0.25, 0.3) is 0 Å². The second-order valence-electron chi connectivity index (χ2n) is 6.07. The number of nitrogens with zero attached hydrogens (tertiary/aromatic N) is 5. The van der Waals surface area contributed by atoms with Crippen LogP contribution in [0.3, 0.4) is 0 Å². The quantitative estimate of drug-likeness (QED) is 0.547. The Bertz CT molecular complexity index is 1100. The summed E-state index contributed by atoms with van der Waals surface area (Å²) in [5.41, 5.74) is 2.75. The highest BCUT2D eigenvalue weighted by atomic mass is 19.4. The molecule has 0 spiro atoms. The minimum absolute atomic E-state index is 0.347. The molecule has 4 aromatic heterocycles. The van der Waals surface area contributed by atoms with Crippen molar-refractivity contribution in [2.24, 2.45) is 7.05 Å². The Morgan fingerprint density at radius 1 is 0.963 bits per heavy atom. The molecule has 0 saturated carbocycles. The molecular weight excluding hydrogens is 355 g/mol. The molecule has 0 aromatic carbocycles. The van der Waals surface area contributed by atoms with Gasteiger partial charge >= 0.3 is 6.18 Å². The van der Waals surface area contributed by atoms with Crippen molar-refractivity contribution in [3.8, 4) is 11.3 Å². The number of hydrogen-bond acceptors (Lipinski definition) is 4. The summed E-state index contributed by atoms with van der Waals surface area (Å²) in [5.74, 6) is 0. The first kappa shape index (κ1) is 17.1. The molecule has 27 heavy (non-hydrogen) atoms. The summed E-state index contributed by atoms with van der Waals surface area (Å²) < 4.78 is 39.8. The maximum Gasteiger partial charge on any atom is 0.433 e. The van der Waals surface area contributed by atoms with Crippen LogP contribution in [0.4, 0.5) is 13.2 Å². The second-order valence-corrected chi connectivity index (χ2v) is 6.07. The summed E-state index contributed by atoms with van der Waals surface area (Å²) in [5, 5.41) is 5.45. The van der Waals surface area contributed by atoms with Gasteiger partial charge in [0.2, 0.25) is 0 Å². The Labute approximate surface area is 152 Å². The molecule has 0 bridgehead atoms. The normalized spacial score (nSPS) is 11.9. The number of aryl methyl sites for hydroxylation is 1. The van der Waals surface area contributed by atoms with Crippen LogP contribution in [0.5, 0.6) is 0 Å². The van der Waals surface area contributed by atoms with Crippen molar-refractivity contribution < 1.29 is 13.2 Å². The third-order valence-corrected chi connectivity index (χ3v) is 4.23. The van der Waals surface area contributed by atoms with Gasteiger partial charge in [-0.25, -0.2) is 9.67 Å². The SMILES string of the molecule is Cn1nc(-c2cccnc2Cc2ccc(C(F)(F)F)nc2)c2cccnc21. The number of fused-ring (bicyclic) bond motifs is 1. The zero-order chi connectivity index (χ0) is 19.0. The molecule has 8 heteroatoms. The Kier molecular flexibility index (Phi) is 4.10. The summed E-state index contributed by atoms with van der Waals surface area (Å²) in [6.45, 7) is 0. The molecule has 0 aliphatic carbocycles. The van der Waals surface area contributed by atoms with Crippen LogP contribution in [-0.4, -0.2) is 24.7 Å². The summed E-state index contributed by atoms with van der Waals surface area (Å²) in [6.07, 6.45) is 0.485. The van der Waals surface area contributed by atoms with Crippen LogP contribution in [-0.2, 0) is 19.6 Å². The molecule has 0 radical (unpaired) electrons. The summed E-state index contributed by atoms with van der Waals surface area (Å²) in [7, 11) is 1.81. The minimum atomic E-state index is -4.45. The average Bonchev–Trinajstić information content (AvgIpc) is 2.99. The largest absolute Gasteiger partial charge is 0.433 e. The van der Waals surface area contributed by atoms with E-state index in [0.29, 0.717) is 17.7 Å². The maximum atomic E-state index is 12.7. The Morgan fingerprint density at radius 3 is 2.48 bits per heavy atom. The zero-order valence-corrected chi connectivity index (χ0v) is 14.3. The van der Waals surface area contributed by atoms with Crippen LogP contribution >= 0.6 is 0 Å². The molecule has 0 fully saturated rings. The number of rotatable bonds is 3. The van der Waals surface area contributed by atoms with Crippen LogP contribution in [0.25, 0.3) is 22.3 Å². The fraction of sp³-hybridized carbons (Fsp3) is 0.158. The monoisotopic (exact) mass is 369 g/mol. The van der Waals surface area contributed by atoms with E-state index in [2.05, 4.69) is 20.1 Å². The number of halogens is 3. The predicted molar refractivity (Wildman–Crippen MR) is 93.8 cm³/mol. The Balaban J connectivity index is 1.74. The van der Waals surface area contributed by atoms with Crippen molar-refractivity contribution in [1.82, 2.24) is 24.7 Å². The van der Waals surface area contributed by atoms with E-state index in [4.69, 9.17) is 0 Å². The fourth-order valence-electron chi connectivity index (χ4n) is 2.97. The van der Waals surface area contributed by atoms with Gasteiger partial charge < -0.3 is 0 Å². The number of aromatic nitrogens is 5. The van der Waals surface area contributed by atoms with Gasteiger partial charge in [-0.2, -0.15) is 18.3 Å². The zero-order valence-electron chi connectivity index (χ0n) is 14.3. The molecule has 5 nitrogen and oxygen atoms in total. The number of hydrogen-bond donors (Lipinski definition) is 0. The highest BCUT2D eigenvalue weighted by molar-refractivity contribution is 5.91. The Hall–Kier alpha value is -3.29. The second kappa shape index (κ2) is 6.46. The topological polar surface area (TPSA) is 56.5 Å². The van der Waals surface area contributed by atoms with E-state index >= 15 is 0 Å². The van der Waals surface area contributed by atoms with E-state index in [1.54, 1.807) is 23.1 Å². The molecule has 4 rings (SSSR count). The first-order valence-electron chi connectivity index (χ1n) is 8.17. The highest BCUT2D eigenvalue weighted by Crippen LogP contribution is 2.30. The van der Waals surface area contributed by atoms with Gasteiger partial charge in [-0.1, -0.05) is 6.07 Å². The maximum absolute atomic E-state index is 12.7. The smallest absolute Gasteiger partial charge is 0.260 e. The first-order chi connectivity index (χ1) is 12.9. The minimum Gasteiger partial charge on any atom is -0.260 e. The summed E-state index contributed by atoms with van der Waals surface area (Å²) in [4.78, 5) is 12.3. The van der Waals surface area contributed by atoms with Gasteiger partial charge in [-0.3, -0.25) is 9.97 Å². The molecule has 0 unspecified atom stereocenters. The molecule has 4 heterocycles. The van der Waals surface area contributed by atoms with E-state index in [-0.39, 0.29) is 0 Å². The lowest BCUT2D eigenvalue weighted by atomic mass is 10.0. The lowest BCUT2D eigenvalue weighted by molar-refractivity contribution is -0.141. The lowest BCUT2D eigenvalue weighted by Gasteiger charge is -2.09. The molecule has 0 N–H and O–H groups in total. The van der Waals surface area contributed by atoms with Crippen molar-refractivity contribution in [2.75, 3.05) is 0 Å². The predicted octanol–water partition coefficient (Wildman–Crippen LogP) is 4.03. The molecule has 0 aliphatic rings. The molecule has 0 atom stereocenters. The van der Waals surface area contributed by atoms with Crippen molar-refractivity contribution in [3.05, 3.63) is 71.9 Å². The van der Waals surface area contributed by atoms with Crippen LogP contribution in [0.2, 0.25) is 0 Å². The average molecular weight is 369 g/mol. The van der Waals surface area contributed by atoms with Crippen LogP contribution in [0, 0.1) is 0 Å². The Morgan fingerprint density at radius 2 is 1.74 bits per heavy atom. The van der Waals surface area contributed by atoms with Crippen LogP contribution < -0.4 is 0 Å². The van der Waals surface area contributed by atoms with Crippen molar-refractivity contribution in [3.63, 3.8) is 0 Å². The van der Waals surface area contributed by atoms with Crippen molar-refractivity contribution in [1.29, 1.82) is 0 Å². The van der Waals surface area contributed by atoms with E-state index in [1.165, 1.54) is 12.3 Å². The van der Waals surface area contributed by atoms with Crippen LogP contribution in [0.1, 0.15) is 17.0 Å². The molecule has 136 valence electrons. The van der Waals surface area contributed by atoms with Gasteiger partial charge in [0.15, 0.2) is 5.65 Å². The highest BCUT2D eigenvalue weighted by Gasteiger charge is 2.32. The first-order valence-corrected chi connectivity index (χ1v) is 8.17. The third-order valence-electron chi connectivity index (χ3n) is 4.23. The molecular formula is C19H14F3N5. The molecule has 0 amide bonds. The van der Waals surface area contributed by atoms with E-state index in [1.807, 2.05) is 25.2 Å². The fourth-order valence-corrected chi connectivity index (χ4v) is 2.97. The van der Waals surface area contributed by atoms with Gasteiger partial charge in [0.1, 0.15) is 11.4 Å². The molecule has 0 saturated heterocycles. The summed E-state index contributed by atoms with van der Waals surface area (Å²) in [6, 6.07) is 9.88. The standard InChI is InChI=1S/C19H14F3N5/c1-27-18-14(5-3-9-24-18)17(26-27)13-4-2-8-23-15(13)10-12-6-7-16(25-11-12)19(20,21)22/h2-9,11H,10H2,1H3. The van der Waals surface area contributed by atoms with E-state index < -0.39 is 11.9 Å². The lowest BCUT2D eigenvalue weighted by Crippen LogP contribution is -2.08. The molecule has 0 aliphatic heterocycles. The number of pyridine rings is 3. The van der Waals surface area contributed by atoms with E-state index in [9.17, 15) is 13.2 Å². The van der Waals surface area contributed by atoms with Gasteiger partial charge in [0.05, 0.1) is 5.69 Å². The number of alkyl halides is 3. The van der Waals surface area contributed by atoms with Crippen LogP contribution in [0.15, 0.2) is 55.0 Å². The summed E-state index contributed by atoms with van der Waals surface area (Å²) >= 11 is 0.